The third-order valence-electron chi connectivity index (χ3n) is 1.41. The second-order valence-electron chi connectivity index (χ2n) is 4.10. The van der Waals surface area contributed by atoms with Gasteiger partial charge in [0.1, 0.15) is 0 Å². The molecule has 2 heteroatoms. The Morgan fingerprint density at radius 3 is 2.33 bits per heavy atom. The molecule has 0 radical (unpaired) electrons. The standard InChI is InChI=1S/C10H20OSi/c1-5-7-10(11)8-6-9-12(2,3)4/h5-7,9-11H,8H2,1-4H3/b7-5+,9-6+. The number of allylic oxidation sites excluding steroid dienone is 1. The van der Waals surface area contributed by atoms with Crippen LogP contribution in [0.2, 0.25) is 19.6 Å². The number of hydrogen-bond donors (Lipinski definition) is 1. The fraction of sp³-hybridized carbons (Fsp3) is 0.600. The van der Waals surface area contributed by atoms with E-state index in [9.17, 15) is 5.11 Å². The number of rotatable bonds is 4. The fourth-order valence-electron chi connectivity index (χ4n) is 0.862. The summed E-state index contributed by atoms with van der Waals surface area (Å²) < 4.78 is 0. The van der Waals surface area contributed by atoms with Crippen LogP contribution in [0.5, 0.6) is 0 Å². The molecule has 0 aliphatic rings. The Morgan fingerprint density at radius 2 is 1.92 bits per heavy atom. The molecule has 0 aliphatic heterocycles. The summed E-state index contributed by atoms with van der Waals surface area (Å²) in [6.07, 6.45) is 6.23. The van der Waals surface area contributed by atoms with E-state index in [1.54, 1.807) is 0 Å². The molecule has 0 fully saturated rings. The molecular weight excluding hydrogens is 164 g/mol. The highest BCUT2D eigenvalue weighted by atomic mass is 28.3. The van der Waals surface area contributed by atoms with Gasteiger partial charge in [-0.2, -0.15) is 0 Å². The van der Waals surface area contributed by atoms with Crippen LogP contribution in [-0.4, -0.2) is 19.3 Å². The fourth-order valence-corrected chi connectivity index (χ4v) is 1.70. The molecule has 70 valence electrons. The van der Waals surface area contributed by atoms with E-state index in [1.165, 1.54) is 0 Å². The van der Waals surface area contributed by atoms with Gasteiger partial charge in [-0.1, -0.05) is 43.6 Å². The maximum atomic E-state index is 9.32. The first kappa shape index (κ1) is 11.7. The zero-order valence-electron chi connectivity index (χ0n) is 8.54. The summed E-state index contributed by atoms with van der Waals surface area (Å²) in [6, 6.07) is 0. The van der Waals surface area contributed by atoms with Gasteiger partial charge in [0.05, 0.1) is 14.2 Å². The lowest BCUT2D eigenvalue weighted by molar-refractivity contribution is 0.227. The molecule has 0 saturated heterocycles. The molecule has 12 heavy (non-hydrogen) atoms. The smallest absolute Gasteiger partial charge is 0.0755 e. The van der Waals surface area contributed by atoms with Crippen LogP contribution < -0.4 is 0 Å². The average molecular weight is 184 g/mol. The molecule has 1 nitrogen and oxygen atoms in total. The van der Waals surface area contributed by atoms with Gasteiger partial charge in [0, 0.05) is 0 Å². The first-order valence-electron chi connectivity index (χ1n) is 4.44. The molecule has 0 rings (SSSR count). The van der Waals surface area contributed by atoms with Crippen LogP contribution in [0.4, 0.5) is 0 Å². The third-order valence-corrected chi connectivity index (χ3v) is 2.65. The van der Waals surface area contributed by atoms with Gasteiger partial charge in [-0.15, -0.1) is 0 Å². The number of aliphatic hydroxyl groups excluding tert-OH is 1. The Kier molecular flexibility index (Phi) is 5.18. The monoisotopic (exact) mass is 184 g/mol. The third kappa shape index (κ3) is 7.76. The van der Waals surface area contributed by atoms with Crippen LogP contribution in [0, 0.1) is 0 Å². The highest BCUT2D eigenvalue weighted by Crippen LogP contribution is 2.04. The van der Waals surface area contributed by atoms with Crippen molar-refractivity contribution in [2.75, 3.05) is 0 Å². The summed E-state index contributed by atoms with van der Waals surface area (Å²) >= 11 is 0. The Bertz CT molecular complexity index is 165. The number of hydrogen-bond acceptors (Lipinski definition) is 1. The van der Waals surface area contributed by atoms with Crippen LogP contribution in [0.25, 0.3) is 0 Å². The zero-order chi connectivity index (χ0) is 9.61. The molecule has 0 spiro atoms. The number of aliphatic hydroxyl groups is 1. The molecule has 0 heterocycles. The highest BCUT2D eigenvalue weighted by molar-refractivity contribution is 6.80. The van der Waals surface area contributed by atoms with Crippen LogP contribution in [0.3, 0.4) is 0 Å². The normalized spacial score (nSPS) is 16.1. The average Bonchev–Trinajstić information content (AvgIpc) is 1.84. The van der Waals surface area contributed by atoms with Gasteiger partial charge in [0.2, 0.25) is 0 Å². The zero-order valence-corrected chi connectivity index (χ0v) is 9.54. The topological polar surface area (TPSA) is 20.2 Å². The molecule has 1 unspecified atom stereocenters. The van der Waals surface area contributed by atoms with E-state index in [0.717, 1.165) is 6.42 Å². The van der Waals surface area contributed by atoms with Crippen molar-refractivity contribution in [1.82, 2.24) is 0 Å². The minimum Gasteiger partial charge on any atom is -0.389 e. The van der Waals surface area contributed by atoms with Gasteiger partial charge < -0.3 is 5.11 Å². The molecular formula is C10H20OSi. The lowest BCUT2D eigenvalue weighted by atomic mass is 10.2. The molecule has 0 bridgehead atoms. The van der Waals surface area contributed by atoms with Gasteiger partial charge >= 0.3 is 0 Å². The van der Waals surface area contributed by atoms with Gasteiger partial charge in [-0.05, 0) is 13.3 Å². The summed E-state index contributed by atoms with van der Waals surface area (Å²) in [7, 11) is -1.06. The summed E-state index contributed by atoms with van der Waals surface area (Å²) in [6.45, 7) is 8.77. The minimum atomic E-state index is -1.06. The van der Waals surface area contributed by atoms with Crippen molar-refractivity contribution < 1.29 is 5.11 Å². The quantitative estimate of drug-likeness (QED) is 0.526. The lowest BCUT2D eigenvalue weighted by Crippen LogP contribution is -2.15. The summed E-state index contributed by atoms with van der Waals surface area (Å²) in [5, 5.41) is 9.32. The van der Waals surface area contributed by atoms with E-state index in [-0.39, 0.29) is 6.10 Å². The summed E-state index contributed by atoms with van der Waals surface area (Å²) in [4.78, 5) is 0. The van der Waals surface area contributed by atoms with Crippen LogP contribution >= 0.6 is 0 Å². The van der Waals surface area contributed by atoms with Crippen molar-refractivity contribution in [3.8, 4) is 0 Å². The van der Waals surface area contributed by atoms with Gasteiger partial charge in [0.25, 0.3) is 0 Å². The minimum absolute atomic E-state index is 0.303. The summed E-state index contributed by atoms with van der Waals surface area (Å²) in [5.74, 6) is 0. The Balaban J connectivity index is 3.75. The maximum absolute atomic E-state index is 9.32. The molecule has 1 atom stereocenters. The van der Waals surface area contributed by atoms with Crippen LogP contribution in [-0.2, 0) is 0 Å². The van der Waals surface area contributed by atoms with Gasteiger partial charge in [-0.3, -0.25) is 0 Å². The van der Waals surface area contributed by atoms with Crippen molar-refractivity contribution in [3.05, 3.63) is 23.9 Å². The Labute approximate surface area is 76.8 Å². The van der Waals surface area contributed by atoms with Crippen LogP contribution in [0.1, 0.15) is 13.3 Å². The van der Waals surface area contributed by atoms with E-state index < -0.39 is 8.07 Å². The van der Waals surface area contributed by atoms with Crippen molar-refractivity contribution in [1.29, 1.82) is 0 Å². The Morgan fingerprint density at radius 1 is 1.33 bits per heavy atom. The van der Waals surface area contributed by atoms with Gasteiger partial charge in [0.15, 0.2) is 0 Å². The largest absolute Gasteiger partial charge is 0.389 e. The van der Waals surface area contributed by atoms with E-state index in [2.05, 4.69) is 31.4 Å². The molecule has 0 saturated carbocycles. The molecule has 0 amide bonds. The van der Waals surface area contributed by atoms with Crippen molar-refractivity contribution in [2.24, 2.45) is 0 Å². The molecule has 1 N–H and O–H groups in total. The highest BCUT2D eigenvalue weighted by Gasteiger charge is 2.06. The first-order chi connectivity index (χ1) is 5.45. The summed E-state index contributed by atoms with van der Waals surface area (Å²) in [5.41, 5.74) is 2.26. The predicted octanol–water partition coefficient (Wildman–Crippen LogP) is 2.75. The van der Waals surface area contributed by atoms with E-state index in [0.29, 0.717) is 0 Å². The molecule has 0 aromatic rings. The van der Waals surface area contributed by atoms with Crippen molar-refractivity contribution >= 4 is 8.07 Å². The van der Waals surface area contributed by atoms with E-state index in [1.807, 2.05) is 19.1 Å². The lowest BCUT2D eigenvalue weighted by Gasteiger charge is -2.08. The predicted molar refractivity (Wildman–Crippen MR) is 57.9 cm³/mol. The second-order valence-corrected chi connectivity index (χ2v) is 9.16. The van der Waals surface area contributed by atoms with Gasteiger partial charge in [-0.25, -0.2) is 0 Å². The molecule has 0 aliphatic carbocycles. The van der Waals surface area contributed by atoms with Crippen molar-refractivity contribution in [3.63, 3.8) is 0 Å². The first-order valence-corrected chi connectivity index (χ1v) is 8.02. The SMILES string of the molecule is C/C=C/C(O)C/C=C/[Si](C)(C)C. The Hall–Kier alpha value is -0.343. The van der Waals surface area contributed by atoms with E-state index >= 15 is 0 Å². The molecule has 0 aromatic carbocycles. The van der Waals surface area contributed by atoms with Crippen LogP contribution in [0.15, 0.2) is 23.9 Å². The second kappa shape index (κ2) is 5.33. The maximum Gasteiger partial charge on any atom is 0.0755 e. The molecule has 0 aromatic heterocycles. The van der Waals surface area contributed by atoms with Crippen molar-refractivity contribution in [2.45, 2.75) is 39.1 Å². The van der Waals surface area contributed by atoms with E-state index in [4.69, 9.17) is 0 Å².